The van der Waals surface area contributed by atoms with Crippen LogP contribution < -0.4 is 0 Å². The normalized spacial score (nSPS) is 12.6. The highest BCUT2D eigenvalue weighted by molar-refractivity contribution is 9.10. The molecular formula is C14H22BrClN2O2S. The van der Waals surface area contributed by atoms with Crippen molar-refractivity contribution in [3.63, 3.8) is 0 Å². The highest BCUT2D eigenvalue weighted by Crippen LogP contribution is 2.29. The van der Waals surface area contributed by atoms with E-state index in [-0.39, 0.29) is 22.0 Å². The van der Waals surface area contributed by atoms with Crippen molar-refractivity contribution in [1.29, 1.82) is 0 Å². The minimum absolute atomic E-state index is 0.0120. The van der Waals surface area contributed by atoms with Crippen LogP contribution in [0.25, 0.3) is 0 Å². The van der Waals surface area contributed by atoms with E-state index in [0.29, 0.717) is 11.0 Å². The fourth-order valence-corrected chi connectivity index (χ4v) is 5.07. The summed E-state index contributed by atoms with van der Waals surface area (Å²) in [6.07, 6.45) is 3.02. The third-order valence-corrected chi connectivity index (χ3v) is 6.03. The second kappa shape index (κ2) is 7.90. The molecule has 0 saturated heterocycles. The van der Waals surface area contributed by atoms with Gasteiger partial charge in [-0.1, -0.05) is 39.3 Å². The van der Waals surface area contributed by atoms with Crippen LogP contribution in [0.5, 0.6) is 0 Å². The van der Waals surface area contributed by atoms with Gasteiger partial charge < -0.3 is 0 Å². The van der Waals surface area contributed by atoms with Crippen LogP contribution in [0.1, 0.15) is 40.5 Å². The zero-order chi connectivity index (χ0) is 16.2. The second-order valence-corrected chi connectivity index (χ2v) is 8.51. The third-order valence-electron chi connectivity index (χ3n) is 3.26. The standard InChI is InChI=1S/C14H22BrClN2O2S/c1-5-12(6-2)18(9-10(3)4)21(19,20)13-7-11(15)8-17-14(13)16/h7-8,10,12H,5-6,9H2,1-4H3. The smallest absolute Gasteiger partial charge is 0.242 e. The predicted octanol–water partition coefficient (Wildman–Crippen LogP) is 4.33. The molecule has 0 fully saturated rings. The van der Waals surface area contributed by atoms with Crippen molar-refractivity contribution in [1.82, 2.24) is 9.29 Å². The fraction of sp³-hybridized carbons (Fsp3) is 0.643. The Labute approximate surface area is 141 Å². The maximum atomic E-state index is 13.0. The van der Waals surface area contributed by atoms with E-state index in [4.69, 9.17) is 11.6 Å². The van der Waals surface area contributed by atoms with Crippen LogP contribution in [0.3, 0.4) is 0 Å². The molecule has 1 aromatic heterocycles. The topological polar surface area (TPSA) is 50.3 Å². The Bertz CT molecular complexity index is 574. The fourth-order valence-electron chi connectivity index (χ4n) is 2.21. The predicted molar refractivity (Wildman–Crippen MR) is 90.0 cm³/mol. The van der Waals surface area contributed by atoms with Crippen LogP contribution in [0.4, 0.5) is 0 Å². The first-order chi connectivity index (χ1) is 9.73. The van der Waals surface area contributed by atoms with Gasteiger partial charge in [0.1, 0.15) is 10.0 Å². The van der Waals surface area contributed by atoms with Gasteiger partial charge in [-0.05, 0) is 40.8 Å². The van der Waals surface area contributed by atoms with E-state index < -0.39 is 10.0 Å². The first-order valence-corrected chi connectivity index (χ1v) is 9.67. The molecule has 0 aliphatic heterocycles. The molecule has 0 radical (unpaired) electrons. The quantitative estimate of drug-likeness (QED) is 0.643. The molecule has 0 saturated carbocycles. The molecule has 1 rings (SSSR count). The molecule has 0 N–H and O–H groups in total. The number of nitrogens with zero attached hydrogens (tertiary/aromatic N) is 2. The number of halogens is 2. The molecule has 1 heterocycles. The van der Waals surface area contributed by atoms with Crippen LogP contribution in [0.2, 0.25) is 5.15 Å². The molecule has 0 unspecified atom stereocenters. The summed E-state index contributed by atoms with van der Waals surface area (Å²) in [7, 11) is -3.66. The lowest BCUT2D eigenvalue weighted by Gasteiger charge is -2.31. The van der Waals surface area contributed by atoms with Crippen LogP contribution in [-0.4, -0.2) is 30.3 Å². The Balaban J connectivity index is 3.35. The van der Waals surface area contributed by atoms with Crippen molar-refractivity contribution in [3.05, 3.63) is 21.9 Å². The highest BCUT2D eigenvalue weighted by Gasteiger charge is 2.32. The molecule has 7 heteroatoms. The number of hydrogen-bond donors (Lipinski definition) is 0. The van der Waals surface area contributed by atoms with Gasteiger partial charge in [-0.25, -0.2) is 13.4 Å². The molecule has 0 spiro atoms. The van der Waals surface area contributed by atoms with Gasteiger partial charge in [0, 0.05) is 23.3 Å². The number of hydrogen-bond acceptors (Lipinski definition) is 3. The van der Waals surface area contributed by atoms with Crippen molar-refractivity contribution in [3.8, 4) is 0 Å². The lowest BCUT2D eigenvalue weighted by Crippen LogP contribution is -2.42. The Morgan fingerprint density at radius 2 is 1.90 bits per heavy atom. The summed E-state index contributed by atoms with van der Waals surface area (Å²) in [5, 5.41) is 0.0120. The van der Waals surface area contributed by atoms with Gasteiger partial charge in [-0.3, -0.25) is 0 Å². The van der Waals surface area contributed by atoms with Crippen molar-refractivity contribution in [2.45, 2.75) is 51.5 Å². The maximum absolute atomic E-state index is 13.0. The molecule has 0 aliphatic rings. The van der Waals surface area contributed by atoms with Crippen LogP contribution in [0, 0.1) is 5.92 Å². The van der Waals surface area contributed by atoms with E-state index in [1.807, 2.05) is 27.7 Å². The second-order valence-electron chi connectivity index (χ2n) is 5.38. The average Bonchev–Trinajstić information content (AvgIpc) is 2.41. The SMILES string of the molecule is CCC(CC)N(CC(C)C)S(=O)(=O)c1cc(Br)cnc1Cl. The first-order valence-electron chi connectivity index (χ1n) is 7.06. The summed E-state index contributed by atoms with van der Waals surface area (Å²) in [5.41, 5.74) is 0. The molecule has 0 atom stereocenters. The minimum atomic E-state index is -3.66. The molecule has 0 aromatic carbocycles. The highest BCUT2D eigenvalue weighted by atomic mass is 79.9. The van der Waals surface area contributed by atoms with Gasteiger partial charge in [0.05, 0.1) is 0 Å². The molecule has 21 heavy (non-hydrogen) atoms. The minimum Gasteiger partial charge on any atom is -0.242 e. The Morgan fingerprint density at radius 3 is 2.38 bits per heavy atom. The number of sulfonamides is 1. The third kappa shape index (κ3) is 4.65. The number of rotatable bonds is 7. The molecular weight excluding hydrogens is 376 g/mol. The van der Waals surface area contributed by atoms with E-state index in [1.54, 1.807) is 4.31 Å². The summed E-state index contributed by atoms with van der Waals surface area (Å²) >= 11 is 9.27. The van der Waals surface area contributed by atoms with E-state index in [1.165, 1.54) is 12.3 Å². The average molecular weight is 398 g/mol. The van der Waals surface area contributed by atoms with E-state index in [0.717, 1.165) is 12.8 Å². The lowest BCUT2D eigenvalue weighted by atomic mass is 10.1. The zero-order valence-corrected chi connectivity index (χ0v) is 16.0. The van der Waals surface area contributed by atoms with Gasteiger partial charge >= 0.3 is 0 Å². The molecule has 0 bridgehead atoms. The summed E-state index contributed by atoms with van der Waals surface area (Å²) in [4.78, 5) is 3.99. The van der Waals surface area contributed by atoms with E-state index >= 15 is 0 Å². The van der Waals surface area contributed by atoms with Crippen molar-refractivity contribution in [2.24, 2.45) is 5.92 Å². The van der Waals surface area contributed by atoms with Crippen LogP contribution in [0.15, 0.2) is 21.6 Å². The number of aromatic nitrogens is 1. The summed E-state index contributed by atoms with van der Waals surface area (Å²) in [6, 6.07) is 1.48. The molecule has 0 aliphatic carbocycles. The van der Waals surface area contributed by atoms with E-state index in [2.05, 4.69) is 20.9 Å². The van der Waals surface area contributed by atoms with Crippen LogP contribution in [-0.2, 0) is 10.0 Å². The molecule has 1 aromatic rings. The van der Waals surface area contributed by atoms with Gasteiger partial charge in [-0.2, -0.15) is 4.31 Å². The lowest BCUT2D eigenvalue weighted by molar-refractivity contribution is 0.277. The van der Waals surface area contributed by atoms with Gasteiger partial charge in [0.2, 0.25) is 10.0 Å². The first kappa shape index (κ1) is 18.9. The summed E-state index contributed by atoms with van der Waals surface area (Å²) in [5.74, 6) is 0.235. The Kier molecular flexibility index (Phi) is 7.10. The molecule has 120 valence electrons. The summed E-state index contributed by atoms with van der Waals surface area (Å²) in [6.45, 7) is 8.48. The molecule has 0 amide bonds. The zero-order valence-electron chi connectivity index (χ0n) is 12.8. The van der Waals surface area contributed by atoms with Crippen molar-refractivity contribution >= 4 is 37.6 Å². The monoisotopic (exact) mass is 396 g/mol. The van der Waals surface area contributed by atoms with Crippen molar-refractivity contribution < 1.29 is 8.42 Å². The van der Waals surface area contributed by atoms with Gasteiger partial charge in [0.25, 0.3) is 0 Å². The van der Waals surface area contributed by atoms with Crippen molar-refractivity contribution in [2.75, 3.05) is 6.54 Å². The van der Waals surface area contributed by atoms with Gasteiger partial charge in [-0.15, -0.1) is 0 Å². The maximum Gasteiger partial charge on any atom is 0.246 e. The summed E-state index contributed by atoms with van der Waals surface area (Å²) < 4.78 is 28.1. The van der Waals surface area contributed by atoms with E-state index in [9.17, 15) is 8.42 Å². The Morgan fingerprint density at radius 1 is 1.33 bits per heavy atom. The van der Waals surface area contributed by atoms with Crippen LogP contribution >= 0.6 is 27.5 Å². The Hall–Kier alpha value is -0.170. The number of pyridine rings is 1. The largest absolute Gasteiger partial charge is 0.246 e. The molecule has 4 nitrogen and oxygen atoms in total. The van der Waals surface area contributed by atoms with Gasteiger partial charge in [0.15, 0.2) is 0 Å².